The zero-order chi connectivity index (χ0) is 19.0. The van der Waals surface area contributed by atoms with Gasteiger partial charge in [0.2, 0.25) is 5.91 Å². The van der Waals surface area contributed by atoms with Crippen molar-refractivity contribution in [3.63, 3.8) is 0 Å². The minimum atomic E-state index is -4.43. The Labute approximate surface area is 148 Å². The first-order valence-corrected chi connectivity index (χ1v) is 7.83. The number of urea groups is 1. The fourth-order valence-corrected chi connectivity index (χ4v) is 2.12. The molecule has 138 valence electrons. The van der Waals surface area contributed by atoms with Gasteiger partial charge in [-0.15, -0.1) is 0 Å². The molecular formula is C18H18F3N3O2. The molecule has 3 amide bonds. The number of carbonyl (C=O) groups is 2. The summed E-state index contributed by atoms with van der Waals surface area (Å²) in [5.74, 6) is -0.503. The Morgan fingerprint density at radius 3 is 2.15 bits per heavy atom. The fraction of sp³-hybridized carbons (Fsp3) is 0.222. The van der Waals surface area contributed by atoms with Crippen LogP contribution in [-0.2, 0) is 24.1 Å². The van der Waals surface area contributed by atoms with Crippen LogP contribution < -0.4 is 16.0 Å². The van der Waals surface area contributed by atoms with Crippen molar-refractivity contribution in [1.82, 2.24) is 16.0 Å². The van der Waals surface area contributed by atoms with E-state index in [2.05, 4.69) is 16.0 Å². The van der Waals surface area contributed by atoms with E-state index in [0.717, 1.165) is 17.7 Å². The molecule has 26 heavy (non-hydrogen) atoms. The highest BCUT2D eigenvalue weighted by Gasteiger charge is 2.30. The van der Waals surface area contributed by atoms with Crippen LogP contribution in [0.1, 0.15) is 16.7 Å². The van der Waals surface area contributed by atoms with Crippen LogP contribution >= 0.6 is 0 Å². The van der Waals surface area contributed by atoms with Gasteiger partial charge >= 0.3 is 12.2 Å². The van der Waals surface area contributed by atoms with Gasteiger partial charge < -0.3 is 16.0 Å². The molecule has 0 saturated heterocycles. The van der Waals surface area contributed by atoms with Crippen LogP contribution in [0.25, 0.3) is 0 Å². The summed E-state index contributed by atoms with van der Waals surface area (Å²) in [6.07, 6.45) is -4.43. The van der Waals surface area contributed by atoms with Gasteiger partial charge in [-0.1, -0.05) is 42.5 Å². The van der Waals surface area contributed by atoms with Gasteiger partial charge in [-0.25, -0.2) is 4.79 Å². The van der Waals surface area contributed by atoms with Crippen LogP contribution in [0.3, 0.4) is 0 Å². The van der Waals surface area contributed by atoms with Crippen molar-refractivity contribution in [2.45, 2.75) is 19.3 Å². The molecule has 0 fully saturated rings. The van der Waals surface area contributed by atoms with Crippen molar-refractivity contribution < 1.29 is 22.8 Å². The Hall–Kier alpha value is -3.03. The van der Waals surface area contributed by atoms with Crippen LogP contribution in [0.15, 0.2) is 54.6 Å². The summed E-state index contributed by atoms with van der Waals surface area (Å²) in [6, 6.07) is 13.4. The molecule has 0 heterocycles. The second kappa shape index (κ2) is 8.89. The predicted octanol–water partition coefficient (Wildman–Crippen LogP) is 2.82. The predicted molar refractivity (Wildman–Crippen MR) is 90.0 cm³/mol. The molecule has 0 aliphatic rings. The molecule has 0 saturated carbocycles. The van der Waals surface area contributed by atoms with Gasteiger partial charge in [0.05, 0.1) is 12.1 Å². The highest BCUT2D eigenvalue weighted by atomic mass is 19.4. The molecule has 2 aromatic carbocycles. The van der Waals surface area contributed by atoms with Crippen molar-refractivity contribution in [2.24, 2.45) is 0 Å². The first-order chi connectivity index (χ1) is 12.3. The second-order valence-corrected chi connectivity index (χ2v) is 5.50. The minimum Gasteiger partial charge on any atom is -0.350 e. The first-order valence-electron chi connectivity index (χ1n) is 7.83. The van der Waals surface area contributed by atoms with Crippen molar-refractivity contribution in [2.75, 3.05) is 6.54 Å². The summed E-state index contributed by atoms with van der Waals surface area (Å²) < 4.78 is 37.9. The molecule has 0 radical (unpaired) electrons. The van der Waals surface area contributed by atoms with E-state index in [0.29, 0.717) is 12.1 Å². The van der Waals surface area contributed by atoms with E-state index >= 15 is 0 Å². The molecule has 2 aromatic rings. The molecule has 5 nitrogen and oxygen atoms in total. The Balaban J connectivity index is 1.71. The average Bonchev–Trinajstić information content (AvgIpc) is 2.63. The normalized spacial score (nSPS) is 10.9. The van der Waals surface area contributed by atoms with E-state index < -0.39 is 23.7 Å². The maximum absolute atomic E-state index is 12.6. The van der Waals surface area contributed by atoms with E-state index in [1.165, 1.54) is 12.1 Å². The monoisotopic (exact) mass is 365 g/mol. The lowest BCUT2D eigenvalue weighted by Gasteiger charge is -2.10. The summed E-state index contributed by atoms with van der Waals surface area (Å²) in [5.41, 5.74) is 0.459. The standard InChI is InChI=1S/C18H18F3N3O2/c19-18(20,21)15-8-4-7-14(9-15)11-22-16(25)12-24-17(26)23-10-13-5-2-1-3-6-13/h1-9H,10-12H2,(H,22,25)(H2,23,24,26). The number of hydrogen-bond donors (Lipinski definition) is 3. The van der Waals surface area contributed by atoms with Gasteiger partial charge in [-0.3, -0.25) is 4.79 Å². The number of benzene rings is 2. The summed E-state index contributed by atoms with van der Waals surface area (Å²) >= 11 is 0. The van der Waals surface area contributed by atoms with E-state index in [4.69, 9.17) is 0 Å². The van der Waals surface area contributed by atoms with Gasteiger partial charge in [0, 0.05) is 13.1 Å². The van der Waals surface area contributed by atoms with Crippen molar-refractivity contribution >= 4 is 11.9 Å². The molecule has 0 spiro atoms. The van der Waals surface area contributed by atoms with Gasteiger partial charge in [-0.05, 0) is 23.3 Å². The fourth-order valence-electron chi connectivity index (χ4n) is 2.12. The number of carbonyl (C=O) groups excluding carboxylic acids is 2. The van der Waals surface area contributed by atoms with Gasteiger partial charge in [-0.2, -0.15) is 13.2 Å². The molecule has 8 heteroatoms. The average molecular weight is 365 g/mol. The number of hydrogen-bond acceptors (Lipinski definition) is 2. The SMILES string of the molecule is O=C(CNC(=O)NCc1ccccc1)NCc1cccc(C(F)(F)F)c1. The maximum Gasteiger partial charge on any atom is 0.416 e. The Morgan fingerprint density at radius 1 is 0.808 bits per heavy atom. The Bertz CT molecular complexity index is 749. The topological polar surface area (TPSA) is 70.2 Å². The highest BCUT2D eigenvalue weighted by Crippen LogP contribution is 2.29. The summed E-state index contributed by atoms with van der Waals surface area (Å²) in [7, 11) is 0. The van der Waals surface area contributed by atoms with Crippen LogP contribution in [0.5, 0.6) is 0 Å². The van der Waals surface area contributed by atoms with Crippen LogP contribution in [0.2, 0.25) is 0 Å². The summed E-state index contributed by atoms with van der Waals surface area (Å²) in [5, 5.41) is 7.44. The highest BCUT2D eigenvalue weighted by molar-refractivity contribution is 5.83. The van der Waals surface area contributed by atoms with Crippen LogP contribution in [0, 0.1) is 0 Å². The number of amides is 3. The summed E-state index contributed by atoms with van der Waals surface area (Å²) in [6.45, 7) is -0.0197. The van der Waals surface area contributed by atoms with E-state index in [1.54, 1.807) is 0 Å². The maximum atomic E-state index is 12.6. The molecule has 0 aliphatic carbocycles. The Morgan fingerprint density at radius 2 is 1.46 bits per heavy atom. The van der Waals surface area contributed by atoms with Crippen LogP contribution in [0.4, 0.5) is 18.0 Å². The second-order valence-electron chi connectivity index (χ2n) is 5.50. The minimum absolute atomic E-state index is 0.0595. The number of nitrogens with one attached hydrogen (secondary N) is 3. The molecular weight excluding hydrogens is 347 g/mol. The van der Waals surface area contributed by atoms with Crippen LogP contribution in [-0.4, -0.2) is 18.5 Å². The third-order valence-electron chi connectivity index (χ3n) is 3.45. The van der Waals surface area contributed by atoms with E-state index in [-0.39, 0.29) is 13.1 Å². The third-order valence-corrected chi connectivity index (χ3v) is 3.45. The molecule has 2 rings (SSSR count). The van der Waals surface area contributed by atoms with E-state index in [9.17, 15) is 22.8 Å². The smallest absolute Gasteiger partial charge is 0.350 e. The van der Waals surface area contributed by atoms with Gasteiger partial charge in [0.25, 0.3) is 0 Å². The Kier molecular flexibility index (Phi) is 6.60. The lowest BCUT2D eigenvalue weighted by Crippen LogP contribution is -2.41. The number of halogens is 3. The molecule has 0 aliphatic heterocycles. The lowest BCUT2D eigenvalue weighted by atomic mass is 10.1. The zero-order valence-corrected chi connectivity index (χ0v) is 13.8. The van der Waals surface area contributed by atoms with Crippen molar-refractivity contribution in [3.8, 4) is 0 Å². The van der Waals surface area contributed by atoms with Gasteiger partial charge in [0.15, 0.2) is 0 Å². The largest absolute Gasteiger partial charge is 0.416 e. The van der Waals surface area contributed by atoms with Crippen molar-refractivity contribution in [1.29, 1.82) is 0 Å². The molecule has 0 unspecified atom stereocenters. The van der Waals surface area contributed by atoms with Crippen molar-refractivity contribution in [3.05, 3.63) is 71.3 Å². The summed E-state index contributed by atoms with van der Waals surface area (Å²) in [4.78, 5) is 23.3. The number of alkyl halides is 3. The third kappa shape index (κ3) is 6.46. The molecule has 0 atom stereocenters. The molecule has 0 aromatic heterocycles. The number of rotatable bonds is 6. The zero-order valence-electron chi connectivity index (χ0n) is 13.8. The molecule has 0 bridgehead atoms. The molecule has 3 N–H and O–H groups in total. The first kappa shape index (κ1) is 19.3. The van der Waals surface area contributed by atoms with E-state index in [1.807, 2.05) is 30.3 Å². The quantitative estimate of drug-likeness (QED) is 0.737. The lowest BCUT2D eigenvalue weighted by molar-refractivity contribution is -0.137. The van der Waals surface area contributed by atoms with Gasteiger partial charge in [0.1, 0.15) is 0 Å².